The molecule has 0 bridgehead atoms. The molecule has 1 aliphatic rings. The number of nitrogens with one attached hydrogen (secondary N) is 2. The van der Waals surface area contributed by atoms with Crippen molar-refractivity contribution in [1.29, 1.82) is 0 Å². The van der Waals surface area contributed by atoms with E-state index >= 15 is 0 Å². The molecular formula is C20H29N3O3. The molecular weight excluding hydrogens is 330 g/mol. The quantitative estimate of drug-likeness (QED) is 0.866. The number of para-hydroxylation sites is 1. The Morgan fingerprint density at radius 1 is 1.08 bits per heavy atom. The van der Waals surface area contributed by atoms with Crippen LogP contribution in [0, 0.1) is 11.3 Å². The lowest BCUT2D eigenvalue weighted by atomic mass is 9.94. The smallest absolute Gasteiger partial charge is 0.244 e. The Hall–Kier alpha value is -2.37. The maximum absolute atomic E-state index is 12.5. The second-order valence-corrected chi connectivity index (χ2v) is 7.90. The minimum atomic E-state index is -0.559. The van der Waals surface area contributed by atoms with E-state index in [9.17, 15) is 14.4 Å². The molecule has 1 fully saturated rings. The third kappa shape index (κ3) is 5.31. The predicted octanol–water partition coefficient (Wildman–Crippen LogP) is 2.41. The van der Waals surface area contributed by atoms with Crippen LogP contribution >= 0.6 is 0 Å². The number of hydrogen-bond donors (Lipinski definition) is 2. The van der Waals surface area contributed by atoms with Gasteiger partial charge in [0, 0.05) is 30.1 Å². The zero-order valence-electron chi connectivity index (χ0n) is 16.0. The molecule has 1 heterocycles. The van der Waals surface area contributed by atoms with E-state index in [4.69, 9.17) is 0 Å². The van der Waals surface area contributed by atoms with Crippen LogP contribution in [0.4, 0.5) is 5.69 Å². The number of carbonyl (C=O) groups is 3. The van der Waals surface area contributed by atoms with Gasteiger partial charge in [-0.15, -0.1) is 0 Å². The van der Waals surface area contributed by atoms with Gasteiger partial charge in [-0.3, -0.25) is 14.4 Å². The summed E-state index contributed by atoms with van der Waals surface area (Å²) in [7, 11) is 0. The van der Waals surface area contributed by atoms with E-state index in [1.165, 1.54) is 0 Å². The van der Waals surface area contributed by atoms with E-state index in [0.717, 1.165) is 5.69 Å². The molecule has 0 spiro atoms. The van der Waals surface area contributed by atoms with Crippen LogP contribution in [0.15, 0.2) is 30.3 Å². The third-order valence-corrected chi connectivity index (χ3v) is 4.62. The van der Waals surface area contributed by atoms with Gasteiger partial charge in [0.05, 0.1) is 0 Å². The van der Waals surface area contributed by atoms with E-state index in [1.807, 2.05) is 51.1 Å². The Morgan fingerprint density at radius 3 is 2.19 bits per heavy atom. The van der Waals surface area contributed by atoms with Crippen LogP contribution in [0.5, 0.6) is 0 Å². The van der Waals surface area contributed by atoms with Crippen molar-refractivity contribution in [1.82, 2.24) is 10.2 Å². The Kier molecular flexibility index (Phi) is 6.40. The number of nitrogens with zero attached hydrogens (tertiary/aromatic N) is 1. The molecule has 26 heavy (non-hydrogen) atoms. The van der Waals surface area contributed by atoms with Gasteiger partial charge in [-0.1, -0.05) is 39.0 Å². The highest BCUT2D eigenvalue weighted by Crippen LogP contribution is 2.20. The van der Waals surface area contributed by atoms with Crippen molar-refractivity contribution in [3.8, 4) is 0 Å². The van der Waals surface area contributed by atoms with Gasteiger partial charge in [0.15, 0.2) is 0 Å². The zero-order chi connectivity index (χ0) is 19.3. The molecule has 0 aromatic heterocycles. The molecule has 6 heteroatoms. The van der Waals surface area contributed by atoms with Crippen LogP contribution < -0.4 is 10.6 Å². The van der Waals surface area contributed by atoms with E-state index < -0.39 is 11.5 Å². The van der Waals surface area contributed by atoms with Crippen LogP contribution in [0.3, 0.4) is 0 Å². The summed E-state index contributed by atoms with van der Waals surface area (Å²) in [5, 5.41) is 5.70. The van der Waals surface area contributed by atoms with Crippen molar-refractivity contribution < 1.29 is 14.4 Å². The van der Waals surface area contributed by atoms with Crippen LogP contribution in [-0.4, -0.2) is 41.8 Å². The summed E-state index contributed by atoms with van der Waals surface area (Å²) in [6.45, 7) is 8.21. The molecule has 142 valence electrons. The molecule has 1 unspecified atom stereocenters. The fraction of sp³-hybridized carbons (Fsp3) is 0.550. The topological polar surface area (TPSA) is 78.5 Å². The Bertz CT molecular complexity index is 644. The molecule has 1 saturated heterocycles. The molecule has 0 aliphatic carbocycles. The van der Waals surface area contributed by atoms with Crippen molar-refractivity contribution in [2.24, 2.45) is 11.3 Å². The minimum Gasteiger partial charge on any atom is -0.344 e. The molecule has 6 nitrogen and oxygen atoms in total. The number of carbonyl (C=O) groups excluding carboxylic acids is 3. The maximum Gasteiger partial charge on any atom is 0.244 e. The van der Waals surface area contributed by atoms with Gasteiger partial charge in [0.25, 0.3) is 0 Å². The predicted molar refractivity (Wildman–Crippen MR) is 101 cm³/mol. The second-order valence-electron chi connectivity index (χ2n) is 7.90. The fourth-order valence-corrected chi connectivity index (χ4v) is 2.88. The fourth-order valence-electron chi connectivity index (χ4n) is 2.88. The lowest BCUT2D eigenvalue weighted by molar-refractivity contribution is -0.139. The maximum atomic E-state index is 12.5. The number of likely N-dealkylation sites (tertiary alicyclic amines) is 1. The van der Waals surface area contributed by atoms with Crippen LogP contribution in [0.2, 0.25) is 0 Å². The van der Waals surface area contributed by atoms with Crippen LogP contribution in [0.1, 0.15) is 40.5 Å². The lowest BCUT2D eigenvalue weighted by Gasteiger charge is -2.33. The minimum absolute atomic E-state index is 0.00242. The van der Waals surface area contributed by atoms with Crippen LogP contribution in [0.25, 0.3) is 0 Å². The SMILES string of the molecule is CC(NC(=O)C(C)(C)C)C(=O)N1CCC(C(=O)Nc2ccccc2)CC1. The first-order valence-electron chi connectivity index (χ1n) is 9.14. The number of amides is 3. The van der Waals surface area contributed by atoms with Crippen molar-refractivity contribution in [2.45, 2.75) is 46.6 Å². The monoisotopic (exact) mass is 359 g/mol. The number of piperidine rings is 1. The highest BCUT2D eigenvalue weighted by molar-refractivity contribution is 5.93. The van der Waals surface area contributed by atoms with Gasteiger partial charge in [-0.25, -0.2) is 0 Å². The van der Waals surface area contributed by atoms with E-state index in [-0.39, 0.29) is 23.6 Å². The van der Waals surface area contributed by atoms with Crippen molar-refractivity contribution >= 4 is 23.4 Å². The molecule has 2 rings (SSSR count). The van der Waals surface area contributed by atoms with Crippen molar-refractivity contribution in [3.05, 3.63) is 30.3 Å². The number of hydrogen-bond acceptors (Lipinski definition) is 3. The normalized spacial score (nSPS) is 16.7. The second kappa shape index (κ2) is 8.34. The molecule has 1 aliphatic heterocycles. The average Bonchev–Trinajstić information content (AvgIpc) is 2.61. The first kappa shape index (κ1) is 19.9. The summed E-state index contributed by atoms with van der Waals surface area (Å²) in [5.74, 6) is -0.337. The molecule has 0 radical (unpaired) electrons. The highest BCUT2D eigenvalue weighted by Gasteiger charge is 2.31. The molecule has 3 amide bonds. The summed E-state index contributed by atoms with van der Waals surface area (Å²) in [6, 6.07) is 8.82. The van der Waals surface area contributed by atoms with Gasteiger partial charge in [0.1, 0.15) is 6.04 Å². The summed E-state index contributed by atoms with van der Waals surface area (Å²) in [4.78, 5) is 38.7. The van der Waals surface area contributed by atoms with Crippen molar-refractivity contribution in [2.75, 3.05) is 18.4 Å². The summed E-state index contributed by atoms with van der Waals surface area (Å²) >= 11 is 0. The lowest BCUT2D eigenvalue weighted by Crippen LogP contribution is -2.52. The van der Waals surface area contributed by atoms with Crippen molar-refractivity contribution in [3.63, 3.8) is 0 Å². The third-order valence-electron chi connectivity index (χ3n) is 4.62. The Labute approximate surface area is 155 Å². The largest absolute Gasteiger partial charge is 0.344 e. The first-order chi connectivity index (χ1) is 12.2. The van der Waals surface area contributed by atoms with Gasteiger partial charge in [-0.05, 0) is 31.9 Å². The summed E-state index contributed by atoms with van der Waals surface area (Å²) < 4.78 is 0. The number of rotatable bonds is 4. The van der Waals surface area contributed by atoms with Gasteiger partial charge in [-0.2, -0.15) is 0 Å². The van der Waals surface area contributed by atoms with E-state index in [2.05, 4.69) is 10.6 Å². The Balaban J connectivity index is 1.82. The standard InChI is InChI=1S/C20H29N3O3/c1-14(21-19(26)20(2,3)4)18(25)23-12-10-15(11-13-23)17(24)22-16-8-6-5-7-9-16/h5-9,14-15H,10-13H2,1-4H3,(H,21,26)(H,22,24). The summed E-state index contributed by atoms with van der Waals surface area (Å²) in [6.07, 6.45) is 1.26. The molecule has 1 aromatic carbocycles. The van der Waals surface area contributed by atoms with Crippen LogP contribution in [-0.2, 0) is 14.4 Å². The van der Waals surface area contributed by atoms with E-state index in [1.54, 1.807) is 11.8 Å². The molecule has 2 N–H and O–H groups in total. The Morgan fingerprint density at radius 2 is 1.65 bits per heavy atom. The number of benzene rings is 1. The number of anilines is 1. The van der Waals surface area contributed by atoms with Gasteiger partial charge in [0.2, 0.25) is 17.7 Å². The zero-order valence-corrected chi connectivity index (χ0v) is 16.0. The summed E-state index contributed by atoms with van der Waals surface area (Å²) in [5.41, 5.74) is 0.256. The van der Waals surface area contributed by atoms with Gasteiger partial charge < -0.3 is 15.5 Å². The molecule has 1 atom stereocenters. The molecule has 0 saturated carbocycles. The van der Waals surface area contributed by atoms with Gasteiger partial charge >= 0.3 is 0 Å². The first-order valence-corrected chi connectivity index (χ1v) is 9.14. The molecule has 1 aromatic rings. The van der Waals surface area contributed by atoms with E-state index in [0.29, 0.717) is 25.9 Å². The average molecular weight is 359 g/mol. The highest BCUT2D eigenvalue weighted by atomic mass is 16.2.